The zero-order valence-electron chi connectivity index (χ0n) is 11.5. The topological polar surface area (TPSA) is 29.9 Å². The van der Waals surface area contributed by atoms with Crippen LogP contribution in [-0.4, -0.2) is 16.3 Å². The summed E-state index contributed by atoms with van der Waals surface area (Å²) in [5.41, 5.74) is 2.37. The van der Waals surface area contributed by atoms with Crippen molar-refractivity contribution in [3.63, 3.8) is 0 Å². The van der Waals surface area contributed by atoms with Crippen molar-refractivity contribution in [2.75, 3.05) is 6.54 Å². The van der Waals surface area contributed by atoms with E-state index in [1.807, 2.05) is 11.7 Å². The standard InChI is InChI=1S/C13H24BrN3/c1-6-11-13(14)12(17(5)16-11)8-15-7-10(4)9(2)3/h9-10,15H,6-8H2,1-5H3. The summed E-state index contributed by atoms with van der Waals surface area (Å²) in [6, 6.07) is 0. The lowest BCUT2D eigenvalue weighted by Gasteiger charge is -2.16. The molecular formula is C13H24BrN3. The molecule has 0 amide bonds. The van der Waals surface area contributed by atoms with Gasteiger partial charge in [-0.2, -0.15) is 5.10 Å². The van der Waals surface area contributed by atoms with Crippen molar-refractivity contribution in [1.82, 2.24) is 15.1 Å². The molecule has 0 saturated heterocycles. The fraction of sp³-hybridized carbons (Fsp3) is 0.769. The van der Waals surface area contributed by atoms with Crippen LogP contribution in [0.5, 0.6) is 0 Å². The summed E-state index contributed by atoms with van der Waals surface area (Å²) in [6.45, 7) is 10.9. The molecule has 3 nitrogen and oxygen atoms in total. The highest BCUT2D eigenvalue weighted by molar-refractivity contribution is 9.10. The molecule has 0 saturated carbocycles. The third-order valence-corrected chi connectivity index (χ3v) is 4.32. The molecule has 0 fully saturated rings. The smallest absolute Gasteiger partial charge is 0.0767 e. The predicted molar refractivity (Wildman–Crippen MR) is 76.0 cm³/mol. The van der Waals surface area contributed by atoms with Crippen LogP contribution < -0.4 is 5.32 Å². The Morgan fingerprint density at radius 1 is 1.35 bits per heavy atom. The Bertz CT molecular complexity index is 358. The van der Waals surface area contributed by atoms with E-state index in [0.29, 0.717) is 5.92 Å². The van der Waals surface area contributed by atoms with E-state index in [0.717, 1.165) is 35.6 Å². The van der Waals surface area contributed by atoms with Gasteiger partial charge in [-0.25, -0.2) is 0 Å². The van der Waals surface area contributed by atoms with Gasteiger partial charge in [-0.15, -0.1) is 0 Å². The number of hydrogen-bond donors (Lipinski definition) is 1. The molecular weight excluding hydrogens is 278 g/mol. The van der Waals surface area contributed by atoms with E-state index in [9.17, 15) is 0 Å². The number of halogens is 1. The Morgan fingerprint density at radius 3 is 2.47 bits per heavy atom. The van der Waals surface area contributed by atoms with Gasteiger partial charge in [0.15, 0.2) is 0 Å². The van der Waals surface area contributed by atoms with E-state index in [-0.39, 0.29) is 0 Å². The summed E-state index contributed by atoms with van der Waals surface area (Å²) in [6.07, 6.45) is 0.969. The first-order valence-electron chi connectivity index (χ1n) is 6.38. The van der Waals surface area contributed by atoms with Gasteiger partial charge in [0.1, 0.15) is 0 Å². The molecule has 98 valence electrons. The van der Waals surface area contributed by atoms with Gasteiger partial charge in [0.05, 0.1) is 15.9 Å². The number of nitrogens with zero attached hydrogens (tertiary/aromatic N) is 2. The van der Waals surface area contributed by atoms with Crippen LogP contribution in [0.3, 0.4) is 0 Å². The van der Waals surface area contributed by atoms with Crippen molar-refractivity contribution in [1.29, 1.82) is 0 Å². The lowest BCUT2D eigenvalue weighted by atomic mass is 9.98. The van der Waals surface area contributed by atoms with E-state index in [1.54, 1.807) is 0 Å². The van der Waals surface area contributed by atoms with Crippen LogP contribution in [0.15, 0.2) is 4.47 Å². The summed E-state index contributed by atoms with van der Waals surface area (Å²) in [5.74, 6) is 1.43. The Kier molecular flexibility index (Phi) is 5.67. The van der Waals surface area contributed by atoms with Gasteiger partial charge in [0, 0.05) is 13.6 Å². The largest absolute Gasteiger partial charge is 0.311 e. The van der Waals surface area contributed by atoms with Gasteiger partial charge in [-0.3, -0.25) is 4.68 Å². The van der Waals surface area contributed by atoms with E-state index in [2.05, 4.69) is 54.0 Å². The van der Waals surface area contributed by atoms with Crippen LogP contribution in [0.2, 0.25) is 0 Å². The minimum absolute atomic E-state index is 0.702. The van der Waals surface area contributed by atoms with E-state index in [4.69, 9.17) is 0 Å². The fourth-order valence-electron chi connectivity index (χ4n) is 1.67. The molecule has 0 aliphatic carbocycles. The van der Waals surface area contributed by atoms with E-state index < -0.39 is 0 Å². The van der Waals surface area contributed by atoms with Crippen molar-refractivity contribution in [2.45, 2.75) is 40.7 Å². The molecule has 1 heterocycles. The Labute approximate surface area is 113 Å². The molecule has 0 aromatic carbocycles. The minimum atomic E-state index is 0.702. The Morgan fingerprint density at radius 2 is 2.00 bits per heavy atom. The lowest BCUT2D eigenvalue weighted by molar-refractivity contribution is 0.390. The van der Waals surface area contributed by atoms with Crippen molar-refractivity contribution in [3.8, 4) is 0 Å². The monoisotopic (exact) mass is 301 g/mol. The summed E-state index contributed by atoms with van der Waals surface area (Å²) >= 11 is 3.64. The molecule has 0 aliphatic rings. The highest BCUT2D eigenvalue weighted by atomic mass is 79.9. The van der Waals surface area contributed by atoms with E-state index in [1.165, 1.54) is 5.69 Å². The van der Waals surface area contributed by atoms with Crippen LogP contribution in [-0.2, 0) is 20.0 Å². The third-order valence-electron chi connectivity index (χ3n) is 3.40. The molecule has 17 heavy (non-hydrogen) atoms. The molecule has 1 unspecified atom stereocenters. The number of aryl methyl sites for hydroxylation is 2. The average molecular weight is 302 g/mol. The average Bonchev–Trinajstić information content (AvgIpc) is 2.55. The second-order valence-corrected chi connectivity index (χ2v) is 5.83. The lowest BCUT2D eigenvalue weighted by Crippen LogP contribution is -2.24. The maximum Gasteiger partial charge on any atom is 0.0767 e. The molecule has 1 N–H and O–H groups in total. The van der Waals surface area contributed by atoms with Gasteiger partial charge in [0.25, 0.3) is 0 Å². The van der Waals surface area contributed by atoms with Gasteiger partial charge in [-0.1, -0.05) is 27.7 Å². The second-order valence-electron chi connectivity index (χ2n) is 5.04. The van der Waals surface area contributed by atoms with Crippen LogP contribution in [0, 0.1) is 11.8 Å². The van der Waals surface area contributed by atoms with Crippen molar-refractivity contribution in [3.05, 3.63) is 15.9 Å². The van der Waals surface area contributed by atoms with Crippen molar-refractivity contribution in [2.24, 2.45) is 18.9 Å². The van der Waals surface area contributed by atoms with Crippen molar-refractivity contribution >= 4 is 15.9 Å². The molecule has 0 aliphatic heterocycles. The zero-order chi connectivity index (χ0) is 13.0. The Hall–Kier alpha value is -0.350. The van der Waals surface area contributed by atoms with Gasteiger partial charge in [0.2, 0.25) is 0 Å². The number of nitrogens with one attached hydrogen (secondary N) is 1. The zero-order valence-corrected chi connectivity index (χ0v) is 13.1. The van der Waals surface area contributed by atoms with Crippen LogP contribution >= 0.6 is 15.9 Å². The summed E-state index contributed by atoms with van der Waals surface area (Å²) in [5, 5.41) is 8.00. The third kappa shape index (κ3) is 3.81. The molecule has 0 bridgehead atoms. The normalized spacial score (nSPS) is 13.4. The highest BCUT2D eigenvalue weighted by Crippen LogP contribution is 2.21. The number of hydrogen-bond acceptors (Lipinski definition) is 2. The van der Waals surface area contributed by atoms with Gasteiger partial charge in [-0.05, 0) is 40.7 Å². The van der Waals surface area contributed by atoms with Gasteiger partial charge >= 0.3 is 0 Å². The summed E-state index contributed by atoms with van der Waals surface area (Å²) in [4.78, 5) is 0. The second kappa shape index (κ2) is 6.55. The quantitative estimate of drug-likeness (QED) is 0.875. The van der Waals surface area contributed by atoms with Crippen LogP contribution in [0.4, 0.5) is 0 Å². The molecule has 1 aromatic rings. The summed E-state index contributed by atoms with van der Waals surface area (Å²) < 4.78 is 3.13. The fourth-order valence-corrected chi connectivity index (χ4v) is 2.42. The first-order valence-corrected chi connectivity index (χ1v) is 7.17. The maximum absolute atomic E-state index is 4.49. The first kappa shape index (κ1) is 14.7. The number of rotatable bonds is 6. The highest BCUT2D eigenvalue weighted by Gasteiger charge is 2.12. The SMILES string of the molecule is CCc1nn(C)c(CNCC(C)C(C)C)c1Br. The molecule has 1 rings (SSSR count). The Balaban J connectivity index is 2.55. The molecule has 0 spiro atoms. The van der Waals surface area contributed by atoms with E-state index >= 15 is 0 Å². The summed E-state index contributed by atoms with van der Waals surface area (Å²) in [7, 11) is 2.01. The van der Waals surface area contributed by atoms with Crippen LogP contribution in [0.25, 0.3) is 0 Å². The van der Waals surface area contributed by atoms with Gasteiger partial charge < -0.3 is 5.32 Å². The predicted octanol–water partition coefficient (Wildman–Crippen LogP) is 3.13. The number of aromatic nitrogens is 2. The minimum Gasteiger partial charge on any atom is -0.311 e. The van der Waals surface area contributed by atoms with Crippen molar-refractivity contribution < 1.29 is 0 Å². The first-order chi connectivity index (χ1) is 7.97. The molecule has 1 atom stereocenters. The van der Waals surface area contributed by atoms with Crippen LogP contribution in [0.1, 0.15) is 39.1 Å². The maximum atomic E-state index is 4.49. The molecule has 4 heteroatoms. The molecule has 0 radical (unpaired) electrons. The molecule has 1 aromatic heterocycles.